The molecule has 5 rings (SSSR count). The molecule has 4 aromatic rings. The highest BCUT2D eigenvalue weighted by Crippen LogP contribution is 2.30. The molecule has 0 radical (unpaired) electrons. The Labute approximate surface area is 210 Å². The second-order valence-electron chi connectivity index (χ2n) is 8.47. The Bertz CT molecular complexity index is 1350. The van der Waals surface area contributed by atoms with Gasteiger partial charge in [0, 0.05) is 16.5 Å². The minimum atomic E-state index is 0.422. The van der Waals surface area contributed by atoms with Crippen molar-refractivity contribution in [1.82, 2.24) is 9.97 Å². The summed E-state index contributed by atoms with van der Waals surface area (Å²) in [5.41, 5.74) is 4.65. The van der Waals surface area contributed by atoms with E-state index in [1.54, 1.807) is 0 Å². The first-order valence-electron chi connectivity index (χ1n) is 12.2. The minimum Gasteiger partial charge on any atom is -0.487 e. The number of benzene rings is 2. The van der Waals surface area contributed by atoms with Gasteiger partial charge in [-0.05, 0) is 42.8 Å². The van der Waals surface area contributed by atoms with Crippen LogP contribution in [0.2, 0.25) is 0 Å². The number of aryl methyl sites for hydroxylation is 1. The Balaban J connectivity index is 1.36. The first kappa shape index (κ1) is 24.2. The Morgan fingerprint density at radius 2 is 1.17 bits per heavy atom. The molecule has 0 unspecified atom stereocenters. The molecule has 36 heavy (non-hydrogen) atoms. The quantitative estimate of drug-likeness (QED) is 0.366. The maximum Gasteiger partial charge on any atom is 0.161 e. The van der Waals surface area contributed by atoms with E-state index < -0.39 is 0 Å². The topological polar surface area (TPSA) is 71.9 Å². The van der Waals surface area contributed by atoms with Crippen LogP contribution in [0.15, 0.2) is 54.6 Å². The maximum absolute atomic E-state index is 5.98. The number of rotatable bonds is 2. The van der Waals surface area contributed by atoms with Gasteiger partial charge in [0.1, 0.15) is 13.2 Å². The predicted octanol–water partition coefficient (Wildman–Crippen LogP) is 5.08. The molecule has 1 aliphatic rings. The van der Waals surface area contributed by atoms with Crippen molar-refractivity contribution in [2.45, 2.75) is 6.92 Å². The van der Waals surface area contributed by atoms with Gasteiger partial charge < -0.3 is 23.7 Å². The number of ether oxygens (including phenoxy) is 5. The van der Waals surface area contributed by atoms with Crippen LogP contribution in [-0.2, 0) is 14.2 Å². The van der Waals surface area contributed by atoms with Crippen LogP contribution in [0.4, 0.5) is 0 Å². The van der Waals surface area contributed by atoms with Crippen LogP contribution in [0.25, 0.3) is 34.0 Å². The summed E-state index contributed by atoms with van der Waals surface area (Å²) in [4.78, 5) is 9.62. The van der Waals surface area contributed by atoms with Gasteiger partial charge in [0.25, 0.3) is 0 Å². The van der Waals surface area contributed by atoms with Gasteiger partial charge in [0.05, 0.1) is 56.4 Å². The van der Waals surface area contributed by atoms with E-state index >= 15 is 0 Å². The average Bonchev–Trinajstić information content (AvgIpc) is 2.91. The molecule has 0 amide bonds. The smallest absolute Gasteiger partial charge is 0.161 e. The number of hydrogen-bond acceptors (Lipinski definition) is 7. The van der Waals surface area contributed by atoms with Crippen LogP contribution in [0, 0.1) is 6.92 Å². The average molecular weight is 487 g/mol. The molecule has 186 valence electrons. The minimum absolute atomic E-state index is 0.422. The predicted molar refractivity (Wildman–Crippen MR) is 141 cm³/mol. The third kappa shape index (κ3) is 6.18. The Hall–Kier alpha value is -3.52. The SMILES string of the molecule is Cc1ccc2ccc3ccc(/C=C/c4ccc5c(c4)OCCOCCOCCOCCO5)nc3c2n1. The first-order valence-corrected chi connectivity index (χ1v) is 12.2. The van der Waals surface area contributed by atoms with E-state index in [0.29, 0.717) is 64.4 Å². The van der Waals surface area contributed by atoms with Gasteiger partial charge in [-0.1, -0.05) is 36.4 Å². The number of pyridine rings is 2. The first-order chi connectivity index (χ1) is 17.8. The molecule has 2 aromatic heterocycles. The lowest BCUT2D eigenvalue weighted by atomic mass is 10.1. The third-order valence-corrected chi connectivity index (χ3v) is 5.81. The maximum atomic E-state index is 5.98. The van der Waals surface area contributed by atoms with Gasteiger partial charge in [-0.15, -0.1) is 0 Å². The zero-order valence-electron chi connectivity index (χ0n) is 20.4. The van der Waals surface area contributed by atoms with Crippen molar-refractivity contribution in [2.24, 2.45) is 0 Å². The van der Waals surface area contributed by atoms with E-state index in [4.69, 9.17) is 33.7 Å². The summed E-state index contributed by atoms with van der Waals surface area (Å²) in [7, 11) is 0. The van der Waals surface area contributed by atoms with Crippen LogP contribution in [-0.4, -0.2) is 62.8 Å². The fraction of sp³-hybridized carbons (Fsp3) is 0.310. The van der Waals surface area contributed by atoms with Crippen molar-refractivity contribution in [1.29, 1.82) is 0 Å². The molecule has 0 aliphatic carbocycles. The Morgan fingerprint density at radius 3 is 1.89 bits per heavy atom. The fourth-order valence-corrected chi connectivity index (χ4v) is 3.98. The lowest BCUT2D eigenvalue weighted by molar-refractivity contribution is 0.00708. The molecule has 1 aliphatic heterocycles. The van der Waals surface area contributed by atoms with E-state index in [-0.39, 0.29) is 0 Å². The zero-order valence-corrected chi connectivity index (χ0v) is 20.4. The van der Waals surface area contributed by atoms with Gasteiger partial charge in [0.15, 0.2) is 11.5 Å². The fourth-order valence-electron chi connectivity index (χ4n) is 3.98. The molecule has 7 heteroatoms. The molecule has 0 saturated heterocycles. The molecular formula is C29H30N2O5. The molecule has 0 N–H and O–H groups in total. The highest BCUT2D eigenvalue weighted by atomic mass is 16.6. The van der Waals surface area contributed by atoms with E-state index in [2.05, 4.69) is 24.3 Å². The second kappa shape index (κ2) is 11.9. The van der Waals surface area contributed by atoms with Gasteiger partial charge in [0.2, 0.25) is 0 Å². The molecule has 3 heterocycles. The summed E-state index contributed by atoms with van der Waals surface area (Å²) in [6.07, 6.45) is 4.02. The monoisotopic (exact) mass is 486 g/mol. The normalized spacial score (nSPS) is 16.1. The van der Waals surface area contributed by atoms with E-state index in [9.17, 15) is 0 Å². The second-order valence-corrected chi connectivity index (χ2v) is 8.47. The number of nitrogens with zero attached hydrogens (tertiary/aromatic N) is 2. The molecule has 0 atom stereocenters. The van der Waals surface area contributed by atoms with E-state index in [0.717, 1.165) is 38.8 Å². The lowest BCUT2D eigenvalue weighted by Crippen LogP contribution is -2.13. The van der Waals surface area contributed by atoms with Crippen molar-refractivity contribution in [2.75, 3.05) is 52.9 Å². The Morgan fingerprint density at radius 1 is 0.583 bits per heavy atom. The van der Waals surface area contributed by atoms with Crippen LogP contribution in [0.1, 0.15) is 17.0 Å². The van der Waals surface area contributed by atoms with Crippen molar-refractivity contribution in [3.05, 3.63) is 71.5 Å². The molecule has 7 nitrogen and oxygen atoms in total. The van der Waals surface area contributed by atoms with Crippen molar-refractivity contribution in [3.63, 3.8) is 0 Å². The molecule has 0 fully saturated rings. The van der Waals surface area contributed by atoms with E-state index in [1.807, 2.05) is 49.4 Å². The van der Waals surface area contributed by atoms with Crippen LogP contribution in [0.3, 0.4) is 0 Å². The number of fused-ring (bicyclic) bond motifs is 4. The molecule has 0 saturated carbocycles. The molecule has 0 spiro atoms. The standard InChI is InChI=1S/C29H30N2O5/c1-21-2-5-23-6-7-24-8-10-25(31-29(24)28(23)30-21)9-3-22-4-11-26-27(20-22)36-19-17-34-15-13-32-12-14-33-16-18-35-26/h2-11,20H,12-19H2,1H3/b9-3+. The number of hydrogen-bond donors (Lipinski definition) is 0. The summed E-state index contributed by atoms with van der Waals surface area (Å²) in [6.45, 7) is 5.96. The van der Waals surface area contributed by atoms with Crippen LogP contribution in [0.5, 0.6) is 11.5 Å². The van der Waals surface area contributed by atoms with Crippen LogP contribution >= 0.6 is 0 Å². The molecule has 0 bridgehead atoms. The van der Waals surface area contributed by atoms with Gasteiger partial charge in [-0.2, -0.15) is 0 Å². The summed E-state index contributed by atoms with van der Waals surface area (Å²) in [5, 5.41) is 2.16. The summed E-state index contributed by atoms with van der Waals surface area (Å²) >= 11 is 0. The van der Waals surface area contributed by atoms with Crippen molar-refractivity contribution in [3.8, 4) is 11.5 Å². The highest BCUT2D eigenvalue weighted by molar-refractivity contribution is 6.03. The van der Waals surface area contributed by atoms with E-state index in [1.165, 1.54) is 0 Å². The number of aromatic nitrogens is 2. The third-order valence-electron chi connectivity index (χ3n) is 5.81. The van der Waals surface area contributed by atoms with Crippen molar-refractivity contribution >= 4 is 34.0 Å². The lowest BCUT2D eigenvalue weighted by Gasteiger charge is -2.13. The largest absolute Gasteiger partial charge is 0.487 e. The summed E-state index contributed by atoms with van der Waals surface area (Å²) in [6, 6.07) is 18.3. The highest BCUT2D eigenvalue weighted by Gasteiger charge is 2.08. The molecular weight excluding hydrogens is 456 g/mol. The van der Waals surface area contributed by atoms with Crippen molar-refractivity contribution < 1.29 is 23.7 Å². The van der Waals surface area contributed by atoms with Gasteiger partial charge in [-0.3, -0.25) is 4.98 Å². The Kier molecular flexibility index (Phi) is 8.03. The van der Waals surface area contributed by atoms with Crippen LogP contribution < -0.4 is 9.47 Å². The molecule has 2 aromatic carbocycles. The summed E-state index contributed by atoms with van der Waals surface area (Å²) < 4.78 is 28.5. The van der Waals surface area contributed by atoms with Gasteiger partial charge >= 0.3 is 0 Å². The van der Waals surface area contributed by atoms with Gasteiger partial charge in [-0.25, -0.2) is 4.98 Å². The summed E-state index contributed by atoms with van der Waals surface area (Å²) in [5.74, 6) is 1.35. The zero-order chi connectivity index (χ0) is 24.6.